The Bertz CT molecular complexity index is 1160. The van der Waals surface area contributed by atoms with Crippen molar-refractivity contribution in [1.29, 1.82) is 0 Å². The summed E-state index contributed by atoms with van der Waals surface area (Å²) in [5, 5.41) is 4.74. The summed E-state index contributed by atoms with van der Waals surface area (Å²) >= 11 is 5.88. The molecule has 0 unspecified atom stereocenters. The average Bonchev–Trinajstić information content (AvgIpc) is 3.04. The van der Waals surface area contributed by atoms with Crippen molar-refractivity contribution in [3.8, 4) is 11.6 Å². The Morgan fingerprint density at radius 2 is 2.00 bits per heavy atom. The molecule has 0 spiro atoms. The van der Waals surface area contributed by atoms with Gasteiger partial charge in [0, 0.05) is 17.2 Å². The zero-order chi connectivity index (χ0) is 17.8. The zero-order valence-electron chi connectivity index (χ0n) is 12.1. The second-order valence-electron chi connectivity index (χ2n) is 5.14. The average molecular weight is 370 g/mol. The van der Waals surface area contributed by atoms with E-state index in [2.05, 4.69) is 14.9 Å². The van der Waals surface area contributed by atoms with Crippen LogP contribution in [0, 0.1) is 0 Å². The Morgan fingerprint density at radius 1 is 1.20 bits per heavy atom. The summed E-state index contributed by atoms with van der Waals surface area (Å²) in [6, 6.07) is 8.22. The summed E-state index contributed by atoms with van der Waals surface area (Å²) in [7, 11) is 0. The molecular formula is C15H7ClF3N3O3. The molecule has 0 saturated carbocycles. The molecule has 2 aromatic heterocycles. The van der Waals surface area contributed by atoms with Crippen LogP contribution in [0.3, 0.4) is 0 Å². The van der Waals surface area contributed by atoms with Gasteiger partial charge in [-0.05, 0) is 24.3 Å². The number of aromatic amines is 1. The van der Waals surface area contributed by atoms with Crippen LogP contribution in [0.25, 0.3) is 27.8 Å². The molecule has 4 aromatic rings. The zero-order valence-corrected chi connectivity index (χ0v) is 12.9. The number of nitrogens with one attached hydrogen (secondary N) is 1. The first kappa shape index (κ1) is 15.6. The molecular weight excluding hydrogens is 363 g/mol. The molecule has 0 atom stereocenters. The summed E-state index contributed by atoms with van der Waals surface area (Å²) in [6.07, 6.45) is -4.84. The first-order chi connectivity index (χ1) is 11.8. The molecule has 25 heavy (non-hydrogen) atoms. The number of H-pyrrole nitrogens is 1. The van der Waals surface area contributed by atoms with Crippen LogP contribution in [0.2, 0.25) is 5.02 Å². The molecule has 0 radical (unpaired) electrons. The van der Waals surface area contributed by atoms with Crippen LogP contribution in [0.15, 0.2) is 45.7 Å². The number of ether oxygens (including phenoxy) is 1. The maximum atomic E-state index is 12.4. The van der Waals surface area contributed by atoms with E-state index in [4.69, 9.17) is 16.1 Å². The van der Waals surface area contributed by atoms with Crippen molar-refractivity contribution in [2.45, 2.75) is 6.36 Å². The topological polar surface area (TPSA) is 73.1 Å². The molecule has 1 N–H and O–H groups in total. The highest BCUT2D eigenvalue weighted by molar-refractivity contribution is 6.31. The summed E-state index contributed by atoms with van der Waals surface area (Å²) in [6.45, 7) is 0. The molecule has 0 saturated heterocycles. The quantitative estimate of drug-likeness (QED) is 0.579. The van der Waals surface area contributed by atoms with Crippen molar-refractivity contribution >= 4 is 33.6 Å². The summed E-state index contributed by atoms with van der Waals surface area (Å²) < 4.78 is 47.4. The van der Waals surface area contributed by atoms with Crippen molar-refractivity contribution in [2.24, 2.45) is 0 Å². The number of benzene rings is 2. The van der Waals surface area contributed by atoms with Crippen LogP contribution >= 0.6 is 11.6 Å². The fourth-order valence-corrected chi connectivity index (χ4v) is 2.71. The number of aromatic nitrogens is 3. The van der Waals surface area contributed by atoms with Crippen molar-refractivity contribution in [1.82, 2.24) is 14.7 Å². The van der Waals surface area contributed by atoms with Gasteiger partial charge in [0.1, 0.15) is 5.75 Å². The van der Waals surface area contributed by atoms with E-state index in [1.165, 1.54) is 12.1 Å². The Morgan fingerprint density at radius 3 is 2.76 bits per heavy atom. The molecule has 0 aliphatic rings. The van der Waals surface area contributed by atoms with Crippen LogP contribution in [0.5, 0.6) is 5.75 Å². The molecule has 4 rings (SSSR count). The maximum absolute atomic E-state index is 12.4. The Labute approximate surface area is 141 Å². The Kier molecular flexibility index (Phi) is 3.29. The largest absolute Gasteiger partial charge is 0.573 e. The molecule has 0 aliphatic heterocycles. The van der Waals surface area contributed by atoms with Gasteiger partial charge in [0.05, 0.1) is 16.4 Å². The Hall–Kier alpha value is -2.94. The van der Waals surface area contributed by atoms with Gasteiger partial charge in [0.2, 0.25) is 0 Å². The fraction of sp³-hybridized carbons (Fsp3) is 0.0667. The van der Waals surface area contributed by atoms with Gasteiger partial charge in [-0.1, -0.05) is 16.8 Å². The monoisotopic (exact) mass is 369 g/mol. The van der Waals surface area contributed by atoms with E-state index in [0.29, 0.717) is 21.5 Å². The number of hydrogen-bond donors (Lipinski definition) is 1. The van der Waals surface area contributed by atoms with Gasteiger partial charge >= 0.3 is 12.1 Å². The number of hydrogen-bond acceptors (Lipinski definition) is 4. The minimum Gasteiger partial charge on any atom is -0.406 e. The molecule has 6 nitrogen and oxygen atoms in total. The lowest BCUT2D eigenvalue weighted by Crippen LogP contribution is -2.17. The predicted molar refractivity (Wildman–Crippen MR) is 83.2 cm³/mol. The molecule has 10 heteroatoms. The van der Waals surface area contributed by atoms with Gasteiger partial charge in [-0.3, -0.25) is 0 Å². The molecule has 2 heterocycles. The lowest BCUT2D eigenvalue weighted by atomic mass is 10.2. The maximum Gasteiger partial charge on any atom is 0.573 e. The van der Waals surface area contributed by atoms with E-state index in [1.54, 1.807) is 12.1 Å². The standard InChI is InChI=1S/C15H7ClF3N3O3/c16-7-1-3-9-12(5-7)25-21-13(9)22-11-6-8(24-15(17,18)19)2-4-10(11)20-14(22)23/h1-6H,(H,20,23). The first-order valence-corrected chi connectivity index (χ1v) is 7.25. The molecule has 0 fully saturated rings. The SMILES string of the molecule is O=c1[nH]c2ccc(OC(F)(F)F)cc2n1-c1noc2cc(Cl)ccc12. The lowest BCUT2D eigenvalue weighted by Gasteiger charge is -2.08. The fourth-order valence-electron chi connectivity index (χ4n) is 2.55. The summed E-state index contributed by atoms with van der Waals surface area (Å²) in [4.78, 5) is 14.8. The van der Waals surface area contributed by atoms with Gasteiger partial charge in [-0.25, -0.2) is 9.36 Å². The minimum absolute atomic E-state index is 0.132. The van der Waals surface area contributed by atoms with Crippen LogP contribution in [-0.4, -0.2) is 21.1 Å². The van der Waals surface area contributed by atoms with Gasteiger partial charge in [0.25, 0.3) is 0 Å². The van der Waals surface area contributed by atoms with E-state index in [9.17, 15) is 18.0 Å². The van der Waals surface area contributed by atoms with Crippen LogP contribution in [-0.2, 0) is 0 Å². The molecule has 128 valence electrons. The van der Waals surface area contributed by atoms with Crippen molar-refractivity contribution in [3.63, 3.8) is 0 Å². The van der Waals surface area contributed by atoms with Crippen molar-refractivity contribution < 1.29 is 22.4 Å². The first-order valence-electron chi connectivity index (χ1n) is 6.88. The second-order valence-corrected chi connectivity index (χ2v) is 5.58. The van der Waals surface area contributed by atoms with Crippen LogP contribution in [0.1, 0.15) is 0 Å². The van der Waals surface area contributed by atoms with Crippen LogP contribution in [0.4, 0.5) is 13.2 Å². The van der Waals surface area contributed by atoms with Gasteiger partial charge in [0.15, 0.2) is 11.4 Å². The number of imidazole rings is 1. The number of halogens is 4. The normalized spacial score (nSPS) is 12.2. The van der Waals surface area contributed by atoms with Gasteiger partial charge < -0.3 is 14.2 Å². The molecule has 0 bridgehead atoms. The van der Waals surface area contributed by atoms with Crippen molar-refractivity contribution in [3.05, 3.63) is 51.9 Å². The van der Waals surface area contributed by atoms with Crippen LogP contribution < -0.4 is 10.4 Å². The minimum atomic E-state index is -4.84. The van der Waals surface area contributed by atoms with E-state index in [1.807, 2.05) is 0 Å². The second kappa shape index (κ2) is 5.28. The van der Waals surface area contributed by atoms with E-state index < -0.39 is 17.8 Å². The van der Waals surface area contributed by atoms with Gasteiger partial charge in [-0.2, -0.15) is 0 Å². The third-order valence-electron chi connectivity index (χ3n) is 3.52. The van der Waals surface area contributed by atoms with E-state index in [-0.39, 0.29) is 11.3 Å². The number of fused-ring (bicyclic) bond motifs is 2. The number of nitrogens with zero attached hydrogens (tertiary/aromatic N) is 2. The third-order valence-corrected chi connectivity index (χ3v) is 3.75. The highest BCUT2D eigenvalue weighted by Gasteiger charge is 2.31. The number of rotatable bonds is 2. The molecule has 2 aromatic carbocycles. The molecule has 0 aliphatic carbocycles. The van der Waals surface area contributed by atoms with Crippen molar-refractivity contribution in [2.75, 3.05) is 0 Å². The van der Waals surface area contributed by atoms with Gasteiger partial charge in [-0.15, -0.1) is 13.2 Å². The van der Waals surface area contributed by atoms with E-state index >= 15 is 0 Å². The lowest BCUT2D eigenvalue weighted by molar-refractivity contribution is -0.274. The smallest absolute Gasteiger partial charge is 0.406 e. The Balaban J connectivity index is 1.95. The molecule has 0 amide bonds. The third kappa shape index (κ3) is 2.72. The van der Waals surface area contributed by atoms with E-state index in [0.717, 1.165) is 16.7 Å². The summed E-state index contributed by atoms with van der Waals surface area (Å²) in [5.74, 6) is -0.323. The number of alkyl halides is 3. The highest BCUT2D eigenvalue weighted by Crippen LogP contribution is 2.29. The predicted octanol–water partition coefficient (Wildman–Crippen LogP) is 4.01. The highest BCUT2D eigenvalue weighted by atomic mass is 35.5. The summed E-state index contributed by atoms with van der Waals surface area (Å²) in [5.41, 5.74) is 0.247.